The summed E-state index contributed by atoms with van der Waals surface area (Å²) in [6, 6.07) is 13.1. The van der Waals surface area contributed by atoms with E-state index >= 15 is 4.39 Å². The number of hydrogen-bond donors (Lipinski definition) is 3. The van der Waals surface area contributed by atoms with Crippen LogP contribution in [0.1, 0.15) is 70.4 Å². The van der Waals surface area contributed by atoms with Crippen molar-refractivity contribution in [2.24, 2.45) is 0 Å². The van der Waals surface area contributed by atoms with Gasteiger partial charge in [-0.3, -0.25) is 9.59 Å². The molecule has 1 saturated heterocycles. The van der Waals surface area contributed by atoms with Crippen molar-refractivity contribution in [3.05, 3.63) is 64.7 Å². The number of nitrogens with one attached hydrogen (secondary N) is 2. The Hall–Kier alpha value is -3.62. The number of ether oxygens (including phenoxy) is 1. The molecule has 0 bridgehead atoms. The largest absolute Gasteiger partial charge is 0.489 e. The maximum Gasteiger partial charge on any atom is 0.407 e. The molecule has 3 atom stereocenters. The molecule has 0 spiro atoms. The highest BCUT2D eigenvalue weighted by Crippen LogP contribution is 2.44. The van der Waals surface area contributed by atoms with Gasteiger partial charge in [0.05, 0.1) is 12.1 Å². The number of nitrogens with zero attached hydrogens (tertiary/aromatic N) is 1. The van der Waals surface area contributed by atoms with Crippen molar-refractivity contribution in [2.45, 2.75) is 50.3 Å². The summed E-state index contributed by atoms with van der Waals surface area (Å²) in [7, 11) is 1.53. The number of carboxylic acid groups (broad SMARTS) is 1. The maximum atomic E-state index is 15.1. The van der Waals surface area contributed by atoms with E-state index in [1.807, 2.05) is 37.3 Å². The van der Waals surface area contributed by atoms with Gasteiger partial charge >= 0.3 is 6.09 Å². The summed E-state index contributed by atoms with van der Waals surface area (Å²) in [5.41, 5.74) is 0.844. The van der Waals surface area contributed by atoms with Crippen LogP contribution in [0.15, 0.2) is 42.5 Å². The van der Waals surface area contributed by atoms with Gasteiger partial charge < -0.3 is 25.4 Å². The lowest BCUT2D eigenvalue weighted by molar-refractivity contribution is 0.0378. The van der Waals surface area contributed by atoms with Gasteiger partial charge in [0, 0.05) is 37.2 Å². The second kappa shape index (κ2) is 10.6. The van der Waals surface area contributed by atoms with E-state index in [0.717, 1.165) is 16.0 Å². The predicted octanol–water partition coefficient (Wildman–Crippen LogP) is 3.95. The van der Waals surface area contributed by atoms with E-state index in [1.54, 1.807) is 6.07 Å². The number of hydrogen-bond acceptors (Lipinski definition) is 4. The van der Waals surface area contributed by atoms with Crippen molar-refractivity contribution in [1.29, 1.82) is 0 Å². The predicted molar refractivity (Wildman–Crippen MR) is 132 cm³/mol. The van der Waals surface area contributed by atoms with Gasteiger partial charge in [0.1, 0.15) is 17.5 Å². The number of fused-ring (bicyclic) bond motifs is 1. The lowest BCUT2D eigenvalue weighted by Gasteiger charge is -2.36. The second-order valence-corrected chi connectivity index (χ2v) is 9.55. The van der Waals surface area contributed by atoms with E-state index in [4.69, 9.17) is 9.84 Å². The lowest BCUT2D eigenvalue weighted by atomic mass is 9.87. The summed E-state index contributed by atoms with van der Waals surface area (Å²) in [5, 5.41) is 14.6. The zero-order valence-electron chi connectivity index (χ0n) is 20.6. The molecule has 9 heteroatoms. The molecule has 2 heterocycles. The Morgan fingerprint density at radius 1 is 1.19 bits per heavy atom. The van der Waals surface area contributed by atoms with Crippen molar-refractivity contribution in [1.82, 2.24) is 15.5 Å². The molecule has 4 rings (SSSR count). The van der Waals surface area contributed by atoms with Crippen LogP contribution in [-0.2, 0) is 0 Å². The molecule has 8 nitrogen and oxygen atoms in total. The van der Waals surface area contributed by atoms with Gasteiger partial charge in [-0.05, 0) is 50.3 Å². The average Bonchev–Trinajstić information content (AvgIpc) is 3.21. The zero-order chi connectivity index (χ0) is 25.9. The summed E-state index contributed by atoms with van der Waals surface area (Å²) in [6.07, 6.45) is -0.00636. The van der Waals surface area contributed by atoms with Crippen LogP contribution in [-0.4, -0.2) is 66.4 Å². The summed E-state index contributed by atoms with van der Waals surface area (Å²) < 4.78 is 21.2. The molecule has 0 aliphatic carbocycles. The lowest BCUT2D eigenvalue weighted by Crippen LogP contribution is -2.47. The Balaban J connectivity index is 1.48. The summed E-state index contributed by atoms with van der Waals surface area (Å²) in [6.45, 7) is 2.37. The van der Waals surface area contributed by atoms with Crippen LogP contribution in [0.4, 0.5) is 9.18 Å². The molecule has 2 aromatic rings. The highest BCUT2D eigenvalue weighted by molar-refractivity contribution is 6.02. The number of likely N-dealkylation sites (tertiary alicyclic amines) is 1. The molecule has 3 N–H and O–H groups in total. The van der Waals surface area contributed by atoms with Gasteiger partial charge in [-0.15, -0.1) is 0 Å². The molecule has 3 unspecified atom stereocenters. The molecule has 36 heavy (non-hydrogen) atoms. The molecule has 2 aliphatic rings. The zero-order valence-corrected chi connectivity index (χ0v) is 20.6. The first-order valence-electron chi connectivity index (χ1n) is 12.3. The summed E-state index contributed by atoms with van der Waals surface area (Å²) in [5.74, 6) is -0.362. The first-order chi connectivity index (χ1) is 17.2. The van der Waals surface area contributed by atoms with Crippen LogP contribution in [0.5, 0.6) is 5.75 Å². The van der Waals surface area contributed by atoms with Gasteiger partial charge in [-0.1, -0.05) is 30.3 Å². The molecule has 2 aliphatic heterocycles. The van der Waals surface area contributed by atoms with Crippen LogP contribution in [0.25, 0.3) is 0 Å². The molecule has 192 valence electrons. The van der Waals surface area contributed by atoms with Crippen molar-refractivity contribution < 1.29 is 28.6 Å². The maximum absolute atomic E-state index is 15.1. The minimum absolute atomic E-state index is 0.132. The van der Waals surface area contributed by atoms with Gasteiger partial charge in [0.2, 0.25) is 0 Å². The third kappa shape index (κ3) is 5.29. The molecule has 2 aromatic carbocycles. The molecule has 1 fully saturated rings. The normalized spacial score (nSPS) is 22.9. The average molecular weight is 498 g/mol. The van der Waals surface area contributed by atoms with Crippen LogP contribution < -0.4 is 15.4 Å². The van der Waals surface area contributed by atoms with E-state index in [1.165, 1.54) is 13.1 Å². The van der Waals surface area contributed by atoms with Crippen molar-refractivity contribution in [3.8, 4) is 5.75 Å². The Morgan fingerprint density at radius 3 is 2.64 bits per heavy atom. The number of alkyl halides is 1. The third-order valence-electron chi connectivity index (χ3n) is 7.00. The fourth-order valence-electron chi connectivity index (χ4n) is 5.23. The SMILES string of the molecule is CNC(=O)c1cc(C(=O)NCCCC2(F)CCCN(C(=O)O)C2)cc2c1OC(C)C2c1ccccc1. The first-order valence-corrected chi connectivity index (χ1v) is 12.3. The minimum atomic E-state index is -1.59. The van der Waals surface area contributed by atoms with Crippen molar-refractivity contribution in [3.63, 3.8) is 0 Å². The second-order valence-electron chi connectivity index (χ2n) is 9.55. The Morgan fingerprint density at radius 2 is 1.94 bits per heavy atom. The first kappa shape index (κ1) is 25.5. The number of carbonyl (C=O) groups is 3. The van der Waals surface area contributed by atoms with Crippen LogP contribution in [0, 0.1) is 0 Å². The Bertz CT molecular complexity index is 1140. The van der Waals surface area contributed by atoms with Crippen molar-refractivity contribution in [2.75, 3.05) is 26.7 Å². The fraction of sp³-hybridized carbons (Fsp3) is 0.444. The Kier molecular flexibility index (Phi) is 7.47. The highest BCUT2D eigenvalue weighted by Gasteiger charge is 2.38. The number of halogens is 1. The molecule has 3 amide bonds. The molecule has 0 aromatic heterocycles. The smallest absolute Gasteiger partial charge is 0.407 e. The van der Waals surface area contributed by atoms with Crippen LogP contribution in [0.2, 0.25) is 0 Å². The highest BCUT2D eigenvalue weighted by atomic mass is 19.1. The number of rotatable bonds is 7. The Labute approximate surface area is 209 Å². The van der Waals surface area contributed by atoms with Gasteiger partial charge in [-0.25, -0.2) is 9.18 Å². The van der Waals surface area contributed by atoms with E-state index < -0.39 is 11.8 Å². The van der Waals surface area contributed by atoms with Crippen molar-refractivity contribution >= 4 is 17.9 Å². The summed E-state index contributed by atoms with van der Waals surface area (Å²) >= 11 is 0. The van der Waals surface area contributed by atoms with Gasteiger partial charge in [0.15, 0.2) is 0 Å². The fourth-order valence-corrected chi connectivity index (χ4v) is 5.23. The molecular formula is C27H32FN3O5. The minimum Gasteiger partial charge on any atom is -0.489 e. The quantitative estimate of drug-likeness (QED) is 0.502. The van der Waals surface area contributed by atoms with E-state index in [9.17, 15) is 14.4 Å². The van der Waals surface area contributed by atoms with Gasteiger partial charge in [0.25, 0.3) is 11.8 Å². The van der Waals surface area contributed by atoms with Crippen LogP contribution >= 0.6 is 0 Å². The van der Waals surface area contributed by atoms with E-state index in [0.29, 0.717) is 42.7 Å². The van der Waals surface area contributed by atoms with Gasteiger partial charge in [-0.2, -0.15) is 0 Å². The number of carbonyl (C=O) groups excluding carboxylic acids is 2. The number of piperidine rings is 1. The van der Waals surface area contributed by atoms with Crippen LogP contribution in [0.3, 0.4) is 0 Å². The van der Waals surface area contributed by atoms with E-state index in [-0.39, 0.29) is 43.3 Å². The summed E-state index contributed by atoms with van der Waals surface area (Å²) in [4.78, 5) is 38.0. The molecule has 0 radical (unpaired) electrons. The molecule has 0 saturated carbocycles. The molecular weight excluding hydrogens is 465 g/mol. The number of benzene rings is 2. The third-order valence-corrected chi connectivity index (χ3v) is 7.00. The topological polar surface area (TPSA) is 108 Å². The standard InChI is InChI=1S/C27H32FN3O5/c1-17-22(18-8-4-3-5-9-18)20-14-19(15-21(23(20)36-17)25(33)29-2)24(32)30-12-6-10-27(28)11-7-13-31(16-27)26(34)35/h3-5,8-9,14-15,17,22H,6-7,10-13,16H2,1-2H3,(H,29,33)(H,30,32)(H,34,35). The van der Waals surface area contributed by atoms with E-state index in [2.05, 4.69) is 10.6 Å². The number of amides is 3. The monoisotopic (exact) mass is 497 g/mol.